The van der Waals surface area contributed by atoms with Crippen LogP contribution >= 0.6 is 11.3 Å². The zero-order valence-electron chi connectivity index (χ0n) is 9.21. The van der Waals surface area contributed by atoms with E-state index in [0.29, 0.717) is 11.4 Å². The lowest BCUT2D eigenvalue weighted by atomic mass is 10.2. The summed E-state index contributed by atoms with van der Waals surface area (Å²) in [6.07, 6.45) is 2.22. The molecular weight excluding hydrogens is 228 g/mol. The molecule has 0 aromatic carbocycles. The molecule has 88 valence electrons. The number of carbonyl (C=O) groups is 2. The maximum atomic E-state index is 11.4. The van der Waals surface area contributed by atoms with Crippen molar-refractivity contribution < 1.29 is 14.7 Å². The first-order valence-corrected chi connectivity index (χ1v) is 5.84. The highest BCUT2D eigenvalue weighted by atomic mass is 32.1. The molecule has 0 fully saturated rings. The summed E-state index contributed by atoms with van der Waals surface area (Å²) in [5.74, 6) is -1.25. The fourth-order valence-corrected chi connectivity index (χ4v) is 2.20. The molecule has 1 amide bonds. The number of carboxylic acids is 1. The molecular formula is C10H14N2O3S. The highest BCUT2D eigenvalue weighted by Crippen LogP contribution is 2.24. The molecule has 0 aliphatic rings. The summed E-state index contributed by atoms with van der Waals surface area (Å²) < 4.78 is 0. The van der Waals surface area contributed by atoms with Crippen LogP contribution in [-0.4, -0.2) is 33.4 Å². The molecule has 0 bridgehead atoms. The smallest absolute Gasteiger partial charge is 0.332 e. The molecule has 1 aromatic rings. The van der Waals surface area contributed by atoms with Crippen LogP contribution in [0.15, 0.2) is 11.7 Å². The van der Waals surface area contributed by atoms with Gasteiger partial charge in [-0.15, -0.1) is 11.3 Å². The van der Waals surface area contributed by atoms with Gasteiger partial charge in [-0.1, -0.05) is 6.92 Å². The maximum Gasteiger partial charge on any atom is 0.332 e. The van der Waals surface area contributed by atoms with Crippen LogP contribution in [0.1, 0.15) is 31.2 Å². The Labute approximate surface area is 97.7 Å². The highest BCUT2D eigenvalue weighted by molar-refractivity contribution is 7.09. The van der Waals surface area contributed by atoms with Gasteiger partial charge in [0.2, 0.25) is 5.91 Å². The van der Waals surface area contributed by atoms with Crippen molar-refractivity contribution in [3.63, 3.8) is 0 Å². The number of carboxylic acid groups (broad SMARTS) is 1. The number of hydrogen-bond donors (Lipinski definition) is 1. The first-order valence-electron chi connectivity index (χ1n) is 4.96. The molecule has 6 heteroatoms. The molecule has 1 rings (SSSR count). The predicted octanol–water partition coefficient (Wildman–Crippen LogP) is 1.53. The Morgan fingerprint density at radius 3 is 2.69 bits per heavy atom. The summed E-state index contributed by atoms with van der Waals surface area (Å²) in [6.45, 7) is 3.72. The van der Waals surface area contributed by atoms with Gasteiger partial charge in [-0.3, -0.25) is 9.78 Å². The van der Waals surface area contributed by atoms with E-state index in [4.69, 9.17) is 0 Å². The quantitative estimate of drug-likeness (QED) is 0.850. The third-order valence-corrected chi connectivity index (χ3v) is 2.96. The van der Waals surface area contributed by atoms with Crippen molar-refractivity contribution in [3.8, 4) is 0 Å². The van der Waals surface area contributed by atoms with Gasteiger partial charge in [0, 0.05) is 19.7 Å². The van der Waals surface area contributed by atoms with E-state index in [2.05, 4.69) is 4.98 Å². The average molecular weight is 242 g/mol. The molecule has 0 aliphatic heterocycles. The van der Waals surface area contributed by atoms with E-state index in [0.717, 1.165) is 6.42 Å². The van der Waals surface area contributed by atoms with Crippen LogP contribution in [0.25, 0.3) is 0 Å². The second-order valence-corrected chi connectivity index (χ2v) is 4.27. The zero-order valence-corrected chi connectivity index (χ0v) is 10.0. The van der Waals surface area contributed by atoms with Crippen LogP contribution < -0.4 is 0 Å². The van der Waals surface area contributed by atoms with E-state index >= 15 is 0 Å². The summed E-state index contributed by atoms with van der Waals surface area (Å²) in [5.41, 5.74) is 1.57. The van der Waals surface area contributed by atoms with Crippen molar-refractivity contribution in [1.82, 2.24) is 9.88 Å². The van der Waals surface area contributed by atoms with E-state index in [1.54, 1.807) is 5.51 Å². The highest BCUT2D eigenvalue weighted by Gasteiger charge is 2.29. The van der Waals surface area contributed by atoms with Gasteiger partial charge in [-0.2, -0.15) is 0 Å². The van der Waals surface area contributed by atoms with E-state index in [9.17, 15) is 14.7 Å². The lowest BCUT2D eigenvalue weighted by molar-refractivity contribution is -0.149. The van der Waals surface area contributed by atoms with Gasteiger partial charge in [0.15, 0.2) is 6.04 Å². The molecule has 0 saturated heterocycles. The van der Waals surface area contributed by atoms with Crippen molar-refractivity contribution >= 4 is 23.2 Å². The van der Waals surface area contributed by atoms with Crippen molar-refractivity contribution in [2.75, 3.05) is 6.54 Å². The second kappa shape index (κ2) is 5.60. The zero-order chi connectivity index (χ0) is 12.1. The van der Waals surface area contributed by atoms with E-state index in [1.165, 1.54) is 29.4 Å². The Morgan fingerprint density at radius 1 is 1.62 bits per heavy atom. The minimum atomic E-state index is -1.02. The lowest BCUT2D eigenvalue weighted by Crippen LogP contribution is -2.37. The van der Waals surface area contributed by atoms with Crippen LogP contribution in [0.4, 0.5) is 0 Å². The molecule has 1 N–H and O–H groups in total. The third kappa shape index (κ3) is 2.79. The summed E-state index contributed by atoms with van der Waals surface area (Å²) in [5, 5.41) is 9.18. The Morgan fingerprint density at radius 2 is 2.31 bits per heavy atom. The molecule has 1 aromatic heterocycles. The number of hydrogen-bond acceptors (Lipinski definition) is 4. The summed E-state index contributed by atoms with van der Waals surface area (Å²) in [6, 6.07) is -0.912. The van der Waals surface area contributed by atoms with Crippen LogP contribution in [0.2, 0.25) is 0 Å². The van der Waals surface area contributed by atoms with Crippen LogP contribution in [-0.2, 0) is 9.59 Å². The number of rotatable bonds is 5. The number of thiazole rings is 1. The molecule has 1 atom stereocenters. The van der Waals surface area contributed by atoms with Gasteiger partial charge in [0.05, 0.1) is 10.4 Å². The van der Waals surface area contributed by atoms with Gasteiger partial charge in [0.25, 0.3) is 0 Å². The Bertz CT molecular complexity index is 364. The monoisotopic (exact) mass is 242 g/mol. The summed E-state index contributed by atoms with van der Waals surface area (Å²) >= 11 is 1.25. The molecule has 0 aliphatic carbocycles. The first kappa shape index (κ1) is 12.6. The van der Waals surface area contributed by atoms with Gasteiger partial charge in [0.1, 0.15) is 0 Å². The summed E-state index contributed by atoms with van der Waals surface area (Å²) in [4.78, 5) is 28.4. The van der Waals surface area contributed by atoms with Gasteiger partial charge < -0.3 is 10.0 Å². The molecule has 16 heavy (non-hydrogen) atoms. The number of carbonyl (C=O) groups excluding carboxylic acids is 1. The molecule has 1 unspecified atom stereocenters. The minimum Gasteiger partial charge on any atom is -0.479 e. The third-order valence-electron chi connectivity index (χ3n) is 2.14. The fourth-order valence-electron chi connectivity index (χ4n) is 1.48. The number of nitrogens with zero attached hydrogens (tertiary/aromatic N) is 2. The van der Waals surface area contributed by atoms with Crippen molar-refractivity contribution in [3.05, 3.63) is 16.6 Å². The van der Waals surface area contributed by atoms with Crippen LogP contribution in [0, 0.1) is 0 Å². The number of aliphatic carboxylic acids is 1. The van der Waals surface area contributed by atoms with Crippen LogP contribution in [0.5, 0.6) is 0 Å². The van der Waals surface area contributed by atoms with Crippen molar-refractivity contribution in [2.45, 2.75) is 26.3 Å². The van der Waals surface area contributed by atoms with Gasteiger partial charge in [-0.05, 0) is 6.42 Å². The van der Waals surface area contributed by atoms with Crippen molar-refractivity contribution in [1.29, 1.82) is 0 Å². The number of amides is 1. The Balaban J connectivity index is 3.00. The SMILES string of the molecule is CCCN(C(C)=O)C(C(=O)O)c1cncs1. The predicted molar refractivity (Wildman–Crippen MR) is 60.2 cm³/mol. The summed E-state index contributed by atoms with van der Waals surface area (Å²) in [7, 11) is 0. The van der Waals surface area contributed by atoms with Crippen molar-refractivity contribution in [2.24, 2.45) is 0 Å². The normalized spacial score (nSPS) is 12.1. The topological polar surface area (TPSA) is 70.5 Å². The molecule has 0 radical (unpaired) electrons. The Hall–Kier alpha value is -1.43. The molecule has 5 nitrogen and oxygen atoms in total. The van der Waals surface area contributed by atoms with E-state index in [-0.39, 0.29) is 5.91 Å². The first-order chi connectivity index (χ1) is 7.57. The molecule has 0 saturated carbocycles. The number of aromatic nitrogens is 1. The lowest BCUT2D eigenvalue weighted by Gasteiger charge is -2.26. The largest absolute Gasteiger partial charge is 0.479 e. The van der Waals surface area contributed by atoms with E-state index < -0.39 is 12.0 Å². The average Bonchev–Trinajstić information content (AvgIpc) is 2.69. The van der Waals surface area contributed by atoms with Gasteiger partial charge >= 0.3 is 5.97 Å². The Kier molecular flexibility index (Phi) is 4.42. The second-order valence-electron chi connectivity index (χ2n) is 3.36. The van der Waals surface area contributed by atoms with Crippen LogP contribution in [0.3, 0.4) is 0 Å². The molecule has 1 heterocycles. The van der Waals surface area contributed by atoms with Gasteiger partial charge in [-0.25, -0.2) is 4.79 Å². The van der Waals surface area contributed by atoms with E-state index in [1.807, 2.05) is 6.92 Å². The molecule has 0 spiro atoms. The maximum absolute atomic E-state index is 11.4. The standard InChI is InChI=1S/C10H14N2O3S/c1-3-4-12(7(2)13)9(10(14)15)8-5-11-6-16-8/h5-6,9H,3-4H2,1-2H3,(H,14,15). The minimum absolute atomic E-state index is 0.234. The fraction of sp³-hybridized carbons (Fsp3) is 0.500.